The Morgan fingerprint density at radius 3 is 2.80 bits per heavy atom. The first-order chi connectivity index (χ1) is 9.65. The molecule has 0 aliphatic carbocycles. The number of rotatable bonds is 6. The van der Waals surface area contributed by atoms with Crippen molar-refractivity contribution in [2.75, 3.05) is 12.3 Å². The van der Waals surface area contributed by atoms with Crippen LogP contribution in [0, 0.1) is 5.92 Å². The number of hydrogen-bond donors (Lipinski definition) is 1. The molecular weight excluding hydrogens is 272 g/mol. The number of para-hydroxylation sites is 1. The number of benzene rings is 1. The minimum Gasteiger partial charge on any atom is -0.355 e. The van der Waals surface area contributed by atoms with Gasteiger partial charge in [0.15, 0.2) is 0 Å². The summed E-state index contributed by atoms with van der Waals surface area (Å²) in [6.07, 6.45) is 1.66. The first kappa shape index (κ1) is 14.6. The Morgan fingerprint density at radius 2 is 2.10 bits per heavy atom. The van der Waals surface area contributed by atoms with E-state index in [2.05, 4.69) is 29.2 Å². The van der Waals surface area contributed by atoms with Crippen molar-refractivity contribution in [3.63, 3.8) is 0 Å². The minimum atomic E-state index is 0.0137. The number of nitrogens with one attached hydrogen (secondary N) is 1. The topological polar surface area (TPSA) is 59.8 Å². The number of thioether (sulfide) groups is 1. The predicted molar refractivity (Wildman–Crippen MR) is 79.9 cm³/mol. The summed E-state index contributed by atoms with van der Waals surface area (Å²) in [5, 5.41) is 7.81. The van der Waals surface area contributed by atoms with Crippen LogP contribution in [0.4, 0.5) is 0 Å². The maximum absolute atomic E-state index is 11.6. The SMILES string of the molecule is CC(C)CNC(=O)CSc1ncn(-c2ccccc2)n1. The first-order valence-corrected chi connectivity index (χ1v) is 7.50. The second-order valence-electron chi connectivity index (χ2n) is 4.79. The van der Waals surface area contributed by atoms with Crippen LogP contribution >= 0.6 is 11.8 Å². The summed E-state index contributed by atoms with van der Waals surface area (Å²) >= 11 is 1.34. The molecule has 0 unspecified atom stereocenters. The largest absolute Gasteiger partial charge is 0.355 e. The Labute approximate surface area is 122 Å². The fourth-order valence-corrected chi connectivity index (χ4v) is 2.15. The van der Waals surface area contributed by atoms with E-state index in [1.165, 1.54) is 11.8 Å². The summed E-state index contributed by atoms with van der Waals surface area (Å²) in [5.74, 6) is 0.810. The average molecular weight is 290 g/mol. The van der Waals surface area contributed by atoms with E-state index in [4.69, 9.17) is 0 Å². The molecule has 1 heterocycles. The van der Waals surface area contributed by atoms with Crippen LogP contribution in [0.25, 0.3) is 5.69 Å². The van der Waals surface area contributed by atoms with E-state index in [-0.39, 0.29) is 5.91 Å². The zero-order valence-electron chi connectivity index (χ0n) is 11.6. The van der Waals surface area contributed by atoms with E-state index in [1.54, 1.807) is 11.0 Å². The minimum absolute atomic E-state index is 0.0137. The molecule has 1 amide bonds. The molecule has 106 valence electrons. The monoisotopic (exact) mass is 290 g/mol. The zero-order chi connectivity index (χ0) is 14.4. The van der Waals surface area contributed by atoms with Gasteiger partial charge >= 0.3 is 0 Å². The Kier molecular flexibility index (Phi) is 5.17. The highest BCUT2D eigenvalue weighted by molar-refractivity contribution is 7.99. The molecule has 0 fully saturated rings. The molecule has 0 radical (unpaired) electrons. The van der Waals surface area contributed by atoms with Gasteiger partial charge in [0.1, 0.15) is 6.33 Å². The Morgan fingerprint density at radius 1 is 1.35 bits per heavy atom. The smallest absolute Gasteiger partial charge is 0.230 e. The molecule has 1 aromatic heterocycles. The van der Waals surface area contributed by atoms with Crippen molar-refractivity contribution < 1.29 is 4.79 Å². The lowest BCUT2D eigenvalue weighted by molar-refractivity contribution is -0.118. The number of amides is 1. The first-order valence-electron chi connectivity index (χ1n) is 6.51. The summed E-state index contributed by atoms with van der Waals surface area (Å²) in [4.78, 5) is 15.8. The van der Waals surface area contributed by atoms with Crippen LogP contribution in [0.1, 0.15) is 13.8 Å². The van der Waals surface area contributed by atoms with Crippen LogP contribution in [-0.2, 0) is 4.79 Å². The highest BCUT2D eigenvalue weighted by Crippen LogP contribution is 2.13. The standard InChI is InChI=1S/C14H18N4OS/c1-11(2)8-15-13(19)9-20-14-16-10-18(17-14)12-6-4-3-5-7-12/h3-7,10-11H,8-9H2,1-2H3,(H,15,19). The van der Waals surface area contributed by atoms with E-state index in [0.29, 0.717) is 23.4 Å². The van der Waals surface area contributed by atoms with E-state index in [1.807, 2.05) is 30.3 Å². The summed E-state index contributed by atoms with van der Waals surface area (Å²) in [6.45, 7) is 4.83. The van der Waals surface area contributed by atoms with Crippen molar-refractivity contribution in [1.82, 2.24) is 20.1 Å². The normalized spacial score (nSPS) is 10.8. The lowest BCUT2D eigenvalue weighted by Crippen LogP contribution is -2.28. The van der Waals surface area contributed by atoms with Gasteiger partial charge in [-0.15, -0.1) is 5.10 Å². The lowest BCUT2D eigenvalue weighted by Gasteiger charge is -2.06. The number of carbonyl (C=O) groups excluding carboxylic acids is 1. The fraction of sp³-hybridized carbons (Fsp3) is 0.357. The van der Waals surface area contributed by atoms with Crippen molar-refractivity contribution in [1.29, 1.82) is 0 Å². The lowest BCUT2D eigenvalue weighted by atomic mass is 10.2. The second kappa shape index (κ2) is 7.09. The highest BCUT2D eigenvalue weighted by Gasteiger charge is 2.07. The highest BCUT2D eigenvalue weighted by atomic mass is 32.2. The quantitative estimate of drug-likeness (QED) is 0.828. The van der Waals surface area contributed by atoms with Gasteiger partial charge in [0.05, 0.1) is 11.4 Å². The third kappa shape index (κ3) is 4.38. The van der Waals surface area contributed by atoms with E-state index < -0.39 is 0 Å². The Balaban J connectivity index is 1.86. The molecule has 2 aromatic rings. The third-order valence-electron chi connectivity index (χ3n) is 2.53. The van der Waals surface area contributed by atoms with Gasteiger partial charge in [-0.2, -0.15) is 0 Å². The summed E-state index contributed by atoms with van der Waals surface area (Å²) < 4.78 is 1.70. The fourth-order valence-electron chi connectivity index (χ4n) is 1.52. The molecule has 2 rings (SSSR count). The molecule has 0 aliphatic rings. The molecule has 1 aromatic carbocycles. The summed E-state index contributed by atoms with van der Waals surface area (Å²) in [7, 11) is 0. The van der Waals surface area contributed by atoms with Crippen molar-refractivity contribution in [2.24, 2.45) is 5.92 Å². The van der Waals surface area contributed by atoms with Crippen LogP contribution in [0.15, 0.2) is 41.8 Å². The Hall–Kier alpha value is -1.82. The molecule has 0 atom stereocenters. The van der Waals surface area contributed by atoms with Crippen LogP contribution in [0.3, 0.4) is 0 Å². The average Bonchev–Trinajstić information content (AvgIpc) is 2.93. The van der Waals surface area contributed by atoms with Crippen molar-refractivity contribution in [3.05, 3.63) is 36.7 Å². The van der Waals surface area contributed by atoms with Gasteiger partial charge in [0.25, 0.3) is 0 Å². The van der Waals surface area contributed by atoms with E-state index in [9.17, 15) is 4.79 Å². The second-order valence-corrected chi connectivity index (χ2v) is 5.74. The van der Waals surface area contributed by atoms with Crippen LogP contribution in [-0.4, -0.2) is 33.0 Å². The maximum atomic E-state index is 11.6. The number of aromatic nitrogens is 3. The molecule has 1 N–H and O–H groups in total. The molecule has 0 spiro atoms. The van der Waals surface area contributed by atoms with Gasteiger partial charge in [-0.3, -0.25) is 4.79 Å². The van der Waals surface area contributed by atoms with Gasteiger partial charge in [-0.1, -0.05) is 43.8 Å². The third-order valence-corrected chi connectivity index (χ3v) is 3.38. The van der Waals surface area contributed by atoms with Gasteiger partial charge in [0, 0.05) is 6.54 Å². The van der Waals surface area contributed by atoms with Crippen molar-refractivity contribution in [3.8, 4) is 5.69 Å². The van der Waals surface area contributed by atoms with Gasteiger partial charge < -0.3 is 5.32 Å². The van der Waals surface area contributed by atoms with E-state index >= 15 is 0 Å². The molecule has 0 bridgehead atoms. The van der Waals surface area contributed by atoms with Crippen LogP contribution < -0.4 is 5.32 Å². The summed E-state index contributed by atoms with van der Waals surface area (Å²) in [5.41, 5.74) is 0.955. The van der Waals surface area contributed by atoms with Gasteiger partial charge in [0.2, 0.25) is 11.1 Å². The van der Waals surface area contributed by atoms with E-state index in [0.717, 1.165) is 5.69 Å². The van der Waals surface area contributed by atoms with Crippen molar-refractivity contribution >= 4 is 17.7 Å². The maximum Gasteiger partial charge on any atom is 0.230 e. The van der Waals surface area contributed by atoms with Gasteiger partial charge in [-0.25, -0.2) is 9.67 Å². The van der Waals surface area contributed by atoms with Crippen LogP contribution in [0.5, 0.6) is 0 Å². The molecule has 0 aliphatic heterocycles. The molecule has 20 heavy (non-hydrogen) atoms. The number of nitrogens with zero attached hydrogens (tertiary/aromatic N) is 3. The van der Waals surface area contributed by atoms with Crippen molar-refractivity contribution in [2.45, 2.75) is 19.0 Å². The molecule has 0 saturated heterocycles. The molecule has 6 heteroatoms. The Bertz CT molecular complexity index is 553. The van der Waals surface area contributed by atoms with Crippen LogP contribution in [0.2, 0.25) is 0 Å². The van der Waals surface area contributed by atoms with Gasteiger partial charge in [-0.05, 0) is 18.1 Å². The molecule has 0 saturated carbocycles. The molecule has 5 nitrogen and oxygen atoms in total. The summed E-state index contributed by atoms with van der Waals surface area (Å²) in [6, 6.07) is 9.76. The zero-order valence-corrected chi connectivity index (χ0v) is 12.4. The molecular formula is C14H18N4OS. The number of hydrogen-bond acceptors (Lipinski definition) is 4. The number of carbonyl (C=O) groups is 1. The predicted octanol–water partition coefficient (Wildman–Crippen LogP) is 2.13.